The summed E-state index contributed by atoms with van der Waals surface area (Å²) in [5.74, 6) is 0.0617. The standard InChI is InChI=1S/C12H10ClFN2/c1-7-5-9(10(13)6-11(7)14)8-3-2-4-16-12(8)15/h2-6H,1H3,(H2,15,16). The monoisotopic (exact) mass is 236 g/mol. The number of benzene rings is 1. The van der Waals surface area contributed by atoms with Crippen LogP contribution in [0, 0.1) is 12.7 Å². The number of nitrogen functional groups attached to an aromatic ring is 1. The Morgan fingerprint density at radius 3 is 2.75 bits per heavy atom. The smallest absolute Gasteiger partial charge is 0.131 e. The minimum Gasteiger partial charge on any atom is -0.383 e. The first-order valence-electron chi connectivity index (χ1n) is 4.76. The molecule has 0 aliphatic carbocycles. The molecule has 82 valence electrons. The van der Waals surface area contributed by atoms with Crippen LogP contribution in [0.1, 0.15) is 5.56 Å². The molecule has 1 heterocycles. The lowest BCUT2D eigenvalue weighted by molar-refractivity contribution is 0.619. The van der Waals surface area contributed by atoms with Gasteiger partial charge in [0.1, 0.15) is 11.6 Å². The molecular formula is C12H10ClFN2. The molecule has 0 fully saturated rings. The van der Waals surface area contributed by atoms with Gasteiger partial charge in [-0.3, -0.25) is 0 Å². The van der Waals surface area contributed by atoms with Crippen molar-refractivity contribution in [1.82, 2.24) is 4.98 Å². The molecule has 2 N–H and O–H groups in total. The molecule has 0 unspecified atom stereocenters. The third-order valence-corrected chi connectivity index (χ3v) is 2.69. The summed E-state index contributed by atoms with van der Waals surface area (Å²) in [6, 6.07) is 6.53. The number of anilines is 1. The lowest BCUT2D eigenvalue weighted by Crippen LogP contribution is -1.94. The Kier molecular flexibility index (Phi) is 2.79. The van der Waals surface area contributed by atoms with Crippen LogP contribution in [0.15, 0.2) is 30.5 Å². The highest BCUT2D eigenvalue weighted by Gasteiger charge is 2.10. The van der Waals surface area contributed by atoms with Gasteiger partial charge < -0.3 is 5.73 Å². The van der Waals surface area contributed by atoms with Gasteiger partial charge in [0.2, 0.25) is 0 Å². The summed E-state index contributed by atoms with van der Waals surface area (Å²) >= 11 is 5.98. The minimum absolute atomic E-state index is 0.323. The molecule has 0 aliphatic heterocycles. The van der Waals surface area contributed by atoms with Gasteiger partial charge in [0.15, 0.2) is 0 Å². The SMILES string of the molecule is Cc1cc(-c2cccnc2N)c(Cl)cc1F. The fourth-order valence-corrected chi connectivity index (χ4v) is 1.76. The third-order valence-electron chi connectivity index (χ3n) is 2.38. The molecule has 4 heteroatoms. The van der Waals surface area contributed by atoms with Crippen LogP contribution in [0.5, 0.6) is 0 Å². The number of hydrogen-bond acceptors (Lipinski definition) is 2. The number of rotatable bonds is 1. The van der Waals surface area contributed by atoms with Gasteiger partial charge in [0.25, 0.3) is 0 Å². The molecule has 0 spiro atoms. The van der Waals surface area contributed by atoms with E-state index < -0.39 is 0 Å². The van der Waals surface area contributed by atoms with Gasteiger partial charge in [0.05, 0.1) is 5.02 Å². The predicted octanol–water partition coefficient (Wildman–Crippen LogP) is 3.43. The fourth-order valence-electron chi connectivity index (χ4n) is 1.51. The number of nitrogens with zero attached hydrogens (tertiary/aromatic N) is 1. The van der Waals surface area contributed by atoms with E-state index in [9.17, 15) is 4.39 Å². The Morgan fingerprint density at radius 2 is 2.06 bits per heavy atom. The Labute approximate surface area is 97.9 Å². The average molecular weight is 237 g/mol. The highest BCUT2D eigenvalue weighted by Crippen LogP contribution is 2.32. The van der Waals surface area contributed by atoms with Crippen LogP contribution in [0.25, 0.3) is 11.1 Å². The predicted molar refractivity (Wildman–Crippen MR) is 63.8 cm³/mol. The number of halogens is 2. The van der Waals surface area contributed by atoms with Gasteiger partial charge in [0, 0.05) is 17.3 Å². The van der Waals surface area contributed by atoms with Crippen LogP contribution >= 0.6 is 11.6 Å². The van der Waals surface area contributed by atoms with Gasteiger partial charge in [-0.1, -0.05) is 11.6 Å². The van der Waals surface area contributed by atoms with Gasteiger partial charge >= 0.3 is 0 Å². The van der Waals surface area contributed by atoms with Crippen molar-refractivity contribution in [3.8, 4) is 11.1 Å². The summed E-state index contributed by atoms with van der Waals surface area (Å²) < 4.78 is 13.2. The van der Waals surface area contributed by atoms with Crippen molar-refractivity contribution in [2.45, 2.75) is 6.92 Å². The van der Waals surface area contributed by atoms with Gasteiger partial charge in [-0.05, 0) is 36.8 Å². The van der Waals surface area contributed by atoms with Gasteiger partial charge in [-0.25, -0.2) is 9.37 Å². The fraction of sp³-hybridized carbons (Fsp3) is 0.0833. The van der Waals surface area contributed by atoms with E-state index in [1.807, 2.05) is 0 Å². The summed E-state index contributed by atoms with van der Waals surface area (Å²) in [5, 5.41) is 0.336. The van der Waals surface area contributed by atoms with E-state index in [-0.39, 0.29) is 5.82 Å². The molecule has 0 saturated carbocycles. The maximum absolute atomic E-state index is 13.2. The first-order chi connectivity index (χ1) is 7.59. The molecule has 0 atom stereocenters. The summed E-state index contributed by atoms with van der Waals surface area (Å²) in [5.41, 5.74) is 7.69. The Balaban J connectivity index is 2.65. The first-order valence-corrected chi connectivity index (χ1v) is 5.14. The number of aromatic nitrogens is 1. The molecule has 0 radical (unpaired) electrons. The van der Waals surface area contributed by atoms with Crippen LogP contribution < -0.4 is 5.73 Å². The number of nitrogens with two attached hydrogens (primary N) is 1. The molecule has 0 aliphatic rings. The number of hydrogen-bond donors (Lipinski definition) is 1. The second kappa shape index (κ2) is 4.10. The van der Waals surface area contributed by atoms with E-state index in [2.05, 4.69) is 4.98 Å². The second-order valence-electron chi connectivity index (χ2n) is 3.52. The zero-order valence-corrected chi connectivity index (χ0v) is 9.42. The molecule has 16 heavy (non-hydrogen) atoms. The molecule has 2 aromatic rings. The van der Waals surface area contributed by atoms with Gasteiger partial charge in [-0.2, -0.15) is 0 Å². The van der Waals surface area contributed by atoms with Crippen molar-refractivity contribution < 1.29 is 4.39 Å². The van der Waals surface area contributed by atoms with Crippen LogP contribution in [-0.2, 0) is 0 Å². The van der Waals surface area contributed by atoms with Crippen LogP contribution in [0.3, 0.4) is 0 Å². The Morgan fingerprint density at radius 1 is 1.31 bits per heavy atom. The molecule has 2 nitrogen and oxygen atoms in total. The van der Waals surface area contributed by atoms with Crippen molar-refractivity contribution in [2.24, 2.45) is 0 Å². The van der Waals surface area contributed by atoms with Gasteiger partial charge in [-0.15, -0.1) is 0 Å². The largest absolute Gasteiger partial charge is 0.383 e. The van der Waals surface area contributed by atoms with Crippen molar-refractivity contribution in [1.29, 1.82) is 0 Å². The van der Waals surface area contributed by atoms with E-state index in [1.165, 1.54) is 6.07 Å². The van der Waals surface area contributed by atoms with E-state index in [0.29, 0.717) is 22.0 Å². The summed E-state index contributed by atoms with van der Waals surface area (Å²) in [4.78, 5) is 3.97. The zero-order valence-electron chi connectivity index (χ0n) is 8.67. The molecule has 0 saturated heterocycles. The summed E-state index contributed by atoms with van der Waals surface area (Å²) in [7, 11) is 0. The number of pyridine rings is 1. The van der Waals surface area contributed by atoms with Crippen molar-refractivity contribution in [3.05, 3.63) is 46.9 Å². The summed E-state index contributed by atoms with van der Waals surface area (Å²) in [6.45, 7) is 1.68. The van der Waals surface area contributed by atoms with Crippen LogP contribution in [0.4, 0.5) is 10.2 Å². The lowest BCUT2D eigenvalue weighted by Gasteiger charge is -2.08. The molecule has 2 rings (SSSR count). The maximum atomic E-state index is 13.2. The first kappa shape index (κ1) is 10.9. The average Bonchev–Trinajstić information content (AvgIpc) is 2.25. The Hall–Kier alpha value is -1.61. The van der Waals surface area contributed by atoms with E-state index in [0.717, 1.165) is 5.56 Å². The van der Waals surface area contributed by atoms with Crippen LogP contribution in [-0.4, -0.2) is 4.98 Å². The topological polar surface area (TPSA) is 38.9 Å². The highest BCUT2D eigenvalue weighted by atomic mass is 35.5. The number of aryl methyl sites for hydroxylation is 1. The lowest BCUT2D eigenvalue weighted by atomic mass is 10.0. The third kappa shape index (κ3) is 1.86. The van der Waals surface area contributed by atoms with Crippen molar-refractivity contribution in [3.63, 3.8) is 0 Å². The summed E-state index contributed by atoms with van der Waals surface area (Å²) in [6.07, 6.45) is 1.60. The van der Waals surface area contributed by atoms with E-state index in [1.54, 1.807) is 31.3 Å². The maximum Gasteiger partial charge on any atom is 0.131 e. The Bertz CT molecular complexity index is 541. The molecule has 0 bridgehead atoms. The molecule has 1 aromatic heterocycles. The highest BCUT2D eigenvalue weighted by molar-refractivity contribution is 6.33. The normalized spacial score (nSPS) is 10.4. The zero-order chi connectivity index (χ0) is 11.7. The van der Waals surface area contributed by atoms with E-state index in [4.69, 9.17) is 17.3 Å². The minimum atomic E-state index is -0.323. The second-order valence-corrected chi connectivity index (χ2v) is 3.92. The van der Waals surface area contributed by atoms with Crippen LogP contribution in [0.2, 0.25) is 5.02 Å². The van der Waals surface area contributed by atoms with Crippen molar-refractivity contribution >= 4 is 17.4 Å². The molecule has 0 amide bonds. The van der Waals surface area contributed by atoms with E-state index >= 15 is 0 Å². The molecule has 1 aromatic carbocycles. The quantitative estimate of drug-likeness (QED) is 0.824. The van der Waals surface area contributed by atoms with Crippen molar-refractivity contribution in [2.75, 3.05) is 5.73 Å². The molecular weight excluding hydrogens is 227 g/mol.